The Bertz CT molecular complexity index is 682. The molecule has 0 aliphatic carbocycles. The number of ether oxygens (including phenoxy) is 2. The van der Waals surface area contributed by atoms with Gasteiger partial charge in [-0.15, -0.1) is 0 Å². The van der Waals surface area contributed by atoms with Crippen LogP contribution in [0, 0.1) is 13.8 Å². The van der Waals surface area contributed by atoms with Crippen LogP contribution >= 0.6 is 0 Å². The van der Waals surface area contributed by atoms with Crippen LogP contribution < -0.4 is 14.8 Å². The first-order valence-electron chi connectivity index (χ1n) is 7.73. The number of hydrogen-bond donors (Lipinski definition) is 1. The molecule has 0 aromatic heterocycles. The normalized spacial score (nSPS) is 11.7. The molecule has 0 spiro atoms. The summed E-state index contributed by atoms with van der Waals surface area (Å²) in [5, 5.41) is 2.88. The summed E-state index contributed by atoms with van der Waals surface area (Å²) < 4.78 is 11.1. The van der Waals surface area contributed by atoms with E-state index in [4.69, 9.17) is 9.47 Å². The first kappa shape index (κ1) is 16.9. The van der Waals surface area contributed by atoms with Crippen LogP contribution in [-0.4, -0.2) is 19.1 Å². The molecule has 0 saturated heterocycles. The number of carbonyl (C=O) groups excluding carboxylic acids is 1. The third kappa shape index (κ3) is 4.25. The molecule has 4 nitrogen and oxygen atoms in total. The minimum atomic E-state index is -0.540. The second-order valence-electron chi connectivity index (χ2n) is 5.43. The summed E-state index contributed by atoms with van der Waals surface area (Å²) in [5.41, 5.74) is 2.89. The van der Waals surface area contributed by atoms with Crippen molar-refractivity contribution in [1.29, 1.82) is 0 Å². The van der Waals surface area contributed by atoms with Crippen molar-refractivity contribution in [3.8, 4) is 11.5 Å². The van der Waals surface area contributed by atoms with Gasteiger partial charge in [-0.25, -0.2) is 0 Å². The number of carbonyl (C=O) groups is 1. The molecular formula is C19H23NO3. The van der Waals surface area contributed by atoms with Gasteiger partial charge in [0.05, 0.1) is 7.11 Å². The molecule has 0 aliphatic rings. The fourth-order valence-corrected chi connectivity index (χ4v) is 2.25. The predicted octanol–water partition coefficient (Wildman–Crippen LogP) is 4.11. The molecule has 0 saturated carbocycles. The van der Waals surface area contributed by atoms with Gasteiger partial charge < -0.3 is 14.8 Å². The Morgan fingerprint density at radius 3 is 2.61 bits per heavy atom. The van der Waals surface area contributed by atoms with Crippen LogP contribution in [0.3, 0.4) is 0 Å². The highest BCUT2D eigenvalue weighted by molar-refractivity contribution is 5.94. The Morgan fingerprint density at radius 2 is 1.91 bits per heavy atom. The van der Waals surface area contributed by atoms with Crippen LogP contribution in [-0.2, 0) is 4.79 Å². The molecule has 2 rings (SSSR count). The maximum atomic E-state index is 12.5. The molecule has 23 heavy (non-hydrogen) atoms. The zero-order valence-corrected chi connectivity index (χ0v) is 14.1. The molecule has 0 radical (unpaired) electrons. The Balaban J connectivity index is 2.10. The lowest BCUT2D eigenvalue weighted by Crippen LogP contribution is -2.32. The predicted molar refractivity (Wildman–Crippen MR) is 92.2 cm³/mol. The van der Waals surface area contributed by atoms with Crippen molar-refractivity contribution < 1.29 is 14.3 Å². The van der Waals surface area contributed by atoms with E-state index >= 15 is 0 Å². The molecule has 0 fully saturated rings. The van der Waals surface area contributed by atoms with E-state index in [0.29, 0.717) is 17.9 Å². The topological polar surface area (TPSA) is 47.6 Å². The van der Waals surface area contributed by atoms with Crippen molar-refractivity contribution in [2.75, 3.05) is 12.4 Å². The van der Waals surface area contributed by atoms with E-state index in [1.54, 1.807) is 13.2 Å². The van der Waals surface area contributed by atoms with Crippen LogP contribution in [0.25, 0.3) is 0 Å². The van der Waals surface area contributed by atoms with Crippen LogP contribution in [0.2, 0.25) is 0 Å². The number of amides is 1. The smallest absolute Gasteiger partial charge is 0.265 e. The molecular weight excluding hydrogens is 290 g/mol. The van der Waals surface area contributed by atoms with E-state index in [9.17, 15) is 4.79 Å². The van der Waals surface area contributed by atoms with Gasteiger partial charge in [-0.2, -0.15) is 0 Å². The minimum absolute atomic E-state index is 0.165. The van der Waals surface area contributed by atoms with Crippen molar-refractivity contribution >= 4 is 11.6 Å². The molecule has 4 heteroatoms. The first-order chi connectivity index (χ1) is 11.0. The summed E-state index contributed by atoms with van der Waals surface area (Å²) in [4.78, 5) is 12.5. The van der Waals surface area contributed by atoms with Crippen LogP contribution in [0.1, 0.15) is 24.5 Å². The Kier molecular flexibility index (Phi) is 5.63. The van der Waals surface area contributed by atoms with Gasteiger partial charge in [0, 0.05) is 11.8 Å². The lowest BCUT2D eigenvalue weighted by atomic mass is 10.1. The average Bonchev–Trinajstić information content (AvgIpc) is 2.56. The van der Waals surface area contributed by atoms with Gasteiger partial charge in [-0.3, -0.25) is 4.79 Å². The van der Waals surface area contributed by atoms with E-state index in [-0.39, 0.29) is 5.91 Å². The molecule has 1 amide bonds. The number of nitrogens with one attached hydrogen (secondary N) is 1. The number of anilines is 1. The van der Waals surface area contributed by atoms with E-state index < -0.39 is 6.10 Å². The fourth-order valence-electron chi connectivity index (χ4n) is 2.25. The third-order valence-corrected chi connectivity index (χ3v) is 3.82. The van der Waals surface area contributed by atoms with E-state index in [2.05, 4.69) is 5.32 Å². The molecule has 0 bridgehead atoms. The number of aryl methyl sites for hydroxylation is 1. The highest BCUT2D eigenvalue weighted by Crippen LogP contribution is 2.23. The quantitative estimate of drug-likeness (QED) is 0.873. The largest absolute Gasteiger partial charge is 0.497 e. The lowest BCUT2D eigenvalue weighted by molar-refractivity contribution is -0.122. The van der Waals surface area contributed by atoms with E-state index in [1.165, 1.54) is 0 Å². The number of hydrogen-bond acceptors (Lipinski definition) is 3. The number of benzene rings is 2. The maximum absolute atomic E-state index is 12.5. The highest BCUT2D eigenvalue weighted by Gasteiger charge is 2.19. The average molecular weight is 313 g/mol. The molecule has 1 N–H and O–H groups in total. The molecule has 1 unspecified atom stereocenters. The number of methoxy groups -OCH3 is 1. The van der Waals surface area contributed by atoms with E-state index in [0.717, 1.165) is 16.9 Å². The Labute approximate surface area is 137 Å². The van der Waals surface area contributed by atoms with Gasteiger partial charge in [-0.1, -0.05) is 25.1 Å². The first-order valence-corrected chi connectivity index (χ1v) is 7.73. The van der Waals surface area contributed by atoms with Crippen molar-refractivity contribution in [3.05, 3.63) is 53.6 Å². The maximum Gasteiger partial charge on any atom is 0.265 e. The van der Waals surface area contributed by atoms with Crippen molar-refractivity contribution in [3.63, 3.8) is 0 Å². The summed E-state index contributed by atoms with van der Waals surface area (Å²) in [6.45, 7) is 5.96. The van der Waals surface area contributed by atoms with Gasteiger partial charge in [0.15, 0.2) is 6.10 Å². The zero-order chi connectivity index (χ0) is 16.8. The van der Waals surface area contributed by atoms with Gasteiger partial charge in [0.2, 0.25) is 0 Å². The van der Waals surface area contributed by atoms with Crippen molar-refractivity contribution in [1.82, 2.24) is 0 Å². The monoisotopic (exact) mass is 313 g/mol. The van der Waals surface area contributed by atoms with Crippen molar-refractivity contribution in [2.24, 2.45) is 0 Å². The third-order valence-electron chi connectivity index (χ3n) is 3.82. The minimum Gasteiger partial charge on any atom is -0.497 e. The highest BCUT2D eigenvalue weighted by atomic mass is 16.5. The SMILES string of the molecule is CCC(Oc1cccc(C)c1C)C(=O)Nc1cccc(OC)c1. The fraction of sp³-hybridized carbons (Fsp3) is 0.316. The van der Waals surface area contributed by atoms with E-state index in [1.807, 2.05) is 57.2 Å². The number of rotatable bonds is 6. The summed E-state index contributed by atoms with van der Waals surface area (Å²) in [5.74, 6) is 1.28. The summed E-state index contributed by atoms with van der Waals surface area (Å²) in [6, 6.07) is 13.1. The van der Waals surface area contributed by atoms with Gasteiger partial charge in [-0.05, 0) is 49.6 Å². The zero-order valence-electron chi connectivity index (χ0n) is 14.1. The molecule has 1 atom stereocenters. The summed E-state index contributed by atoms with van der Waals surface area (Å²) >= 11 is 0. The van der Waals surface area contributed by atoms with Gasteiger partial charge in [0.25, 0.3) is 5.91 Å². The molecule has 0 heterocycles. The van der Waals surface area contributed by atoms with Crippen LogP contribution in [0.15, 0.2) is 42.5 Å². The molecule has 2 aromatic rings. The van der Waals surface area contributed by atoms with Crippen molar-refractivity contribution in [2.45, 2.75) is 33.3 Å². The Morgan fingerprint density at radius 1 is 1.17 bits per heavy atom. The molecule has 0 aliphatic heterocycles. The Hall–Kier alpha value is -2.49. The van der Waals surface area contributed by atoms with Gasteiger partial charge in [0.1, 0.15) is 11.5 Å². The summed E-state index contributed by atoms with van der Waals surface area (Å²) in [6.07, 6.45) is 0.0464. The second kappa shape index (κ2) is 7.68. The molecule has 2 aromatic carbocycles. The molecule has 122 valence electrons. The van der Waals surface area contributed by atoms with Gasteiger partial charge >= 0.3 is 0 Å². The standard InChI is InChI=1S/C19H23NO3/c1-5-17(23-18-11-6-8-13(2)14(18)3)19(21)20-15-9-7-10-16(12-15)22-4/h6-12,17H,5H2,1-4H3,(H,20,21). The van der Waals surface area contributed by atoms with Crippen LogP contribution in [0.5, 0.6) is 11.5 Å². The second-order valence-corrected chi connectivity index (χ2v) is 5.43. The summed E-state index contributed by atoms with van der Waals surface area (Å²) in [7, 11) is 1.60. The van der Waals surface area contributed by atoms with Crippen LogP contribution in [0.4, 0.5) is 5.69 Å². The lowest BCUT2D eigenvalue weighted by Gasteiger charge is -2.19.